The predicted octanol–water partition coefficient (Wildman–Crippen LogP) is 3.79. The fourth-order valence-electron chi connectivity index (χ4n) is 2.90. The summed E-state index contributed by atoms with van der Waals surface area (Å²) in [6.07, 6.45) is -2.81. The molecule has 0 unspecified atom stereocenters. The number of alkyl halides is 3. The first kappa shape index (κ1) is 25.4. The Morgan fingerprint density at radius 2 is 1.86 bits per heavy atom. The van der Waals surface area contributed by atoms with Gasteiger partial charge in [-0.1, -0.05) is 6.07 Å². The van der Waals surface area contributed by atoms with Crippen LogP contribution in [0.2, 0.25) is 0 Å². The number of carbonyl (C=O) groups excluding carboxylic acids is 1. The molecule has 0 radical (unpaired) electrons. The van der Waals surface area contributed by atoms with Crippen LogP contribution in [-0.4, -0.2) is 38.3 Å². The summed E-state index contributed by atoms with van der Waals surface area (Å²) in [5, 5.41) is 14.4. The molecular weight excluding hydrogens is 493 g/mol. The van der Waals surface area contributed by atoms with E-state index in [0.29, 0.717) is 21.7 Å². The molecule has 1 amide bonds. The lowest BCUT2D eigenvalue weighted by Gasteiger charge is -2.22. The van der Waals surface area contributed by atoms with Crippen LogP contribution in [-0.2, 0) is 21.0 Å². The second kappa shape index (κ2) is 9.97. The van der Waals surface area contributed by atoms with Gasteiger partial charge in [-0.25, -0.2) is 13.8 Å². The standard InChI is InChI=1S/C21H17F3N4O6S/c1-35(32,33)27(17-4-2-3-15(11-17)21(22,23)24)13-20(29)26-25-12-18-9-10-19(34-18)14-5-7-16(8-6-14)28(30)31/h2-12H,13H2,1H3,(H,26,29). The number of halogens is 3. The SMILES string of the molecule is CS(=O)(=O)N(CC(=O)NN=Cc1ccc(-c2ccc([N+](=O)[O-])cc2)o1)c1cccc(C(F)(F)F)c1. The van der Waals surface area contributed by atoms with Crippen molar-refractivity contribution in [1.29, 1.82) is 0 Å². The molecule has 10 nitrogen and oxygen atoms in total. The number of rotatable bonds is 8. The van der Waals surface area contributed by atoms with E-state index in [-0.39, 0.29) is 17.1 Å². The van der Waals surface area contributed by atoms with Gasteiger partial charge in [0.2, 0.25) is 10.0 Å². The lowest BCUT2D eigenvalue weighted by Crippen LogP contribution is -2.39. The molecule has 0 spiro atoms. The molecule has 14 heteroatoms. The third-order valence-corrected chi connectivity index (χ3v) is 5.66. The summed E-state index contributed by atoms with van der Waals surface area (Å²) in [6.45, 7) is -0.816. The van der Waals surface area contributed by atoms with Crippen LogP contribution in [0, 0.1) is 10.1 Å². The summed E-state index contributed by atoms with van der Waals surface area (Å²) in [6, 6.07) is 12.3. The van der Waals surface area contributed by atoms with Gasteiger partial charge in [0.1, 0.15) is 18.1 Å². The summed E-state index contributed by atoms with van der Waals surface area (Å²) >= 11 is 0. The Morgan fingerprint density at radius 1 is 1.17 bits per heavy atom. The molecule has 0 aliphatic heterocycles. The molecule has 0 saturated heterocycles. The smallest absolute Gasteiger partial charge is 0.416 e. The summed E-state index contributed by atoms with van der Waals surface area (Å²) in [5.41, 5.74) is 1.16. The minimum absolute atomic E-state index is 0.0851. The van der Waals surface area contributed by atoms with Gasteiger partial charge in [-0.2, -0.15) is 18.3 Å². The van der Waals surface area contributed by atoms with Crippen LogP contribution < -0.4 is 9.73 Å². The third kappa shape index (κ3) is 6.66. The van der Waals surface area contributed by atoms with Crippen LogP contribution in [0.3, 0.4) is 0 Å². The highest BCUT2D eigenvalue weighted by Crippen LogP contribution is 2.32. The zero-order chi connectivity index (χ0) is 25.8. The van der Waals surface area contributed by atoms with E-state index < -0.39 is 39.1 Å². The number of hydrazone groups is 1. The summed E-state index contributed by atoms with van der Waals surface area (Å²) in [5.74, 6) is -0.330. The number of amides is 1. The molecule has 1 heterocycles. The topological polar surface area (TPSA) is 135 Å². The molecule has 0 aliphatic rings. The second-order valence-electron chi connectivity index (χ2n) is 7.12. The molecule has 0 saturated carbocycles. The van der Waals surface area contributed by atoms with Crippen molar-refractivity contribution in [3.8, 4) is 11.3 Å². The average molecular weight is 510 g/mol. The van der Waals surface area contributed by atoms with E-state index in [1.54, 1.807) is 6.07 Å². The van der Waals surface area contributed by atoms with Crippen LogP contribution in [0.4, 0.5) is 24.5 Å². The predicted molar refractivity (Wildman–Crippen MR) is 120 cm³/mol. The Labute approximate surface area is 196 Å². The lowest BCUT2D eigenvalue weighted by atomic mass is 10.1. The van der Waals surface area contributed by atoms with Crippen molar-refractivity contribution >= 4 is 33.5 Å². The monoisotopic (exact) mass is 510 g/mol. The van der Waals surface area contributed by atoms with Gasteiger partial charge in [0.25, 0.3) is 11.6 Å². The van der Waals surface area contributed by atoms with E-state index in [1.807, 2.05) is 0 Å². The highest BCUT2D eigenvalue weighted by atomic mass is 32.2. The maximum atomic E-state index is 13.0. The van der Waals surface area contributed by atoms with Crippen LogP contribution in [0.25, 0.3) is 11.3 Å². The number of non-ortho nitro benzene ring substituents is 1. The van der Waals surface area contributed by atoms with E-state index in [4.69, 9.17) is 4.42 Å². The van der Waals surface area contributed by atoms with Crippen molar-refractivity contribution in [3.63, 3.8) is 0 Å². The Kier molecular flexibility index (Phi) is 7.24. The van der Waals surface area contributed by atoms with Crippen molar-refractivity contribution in [2.75, 3.05) is 17.1 Å². The minimum Gasteiger partial charge on any atom is -0.455 e. The molecule has 1 aromatic heterocycles. The number of benzene rings is 2. The van der Waals surface area contributed by atoms with Gasteiger partial charge in [-0.3, -0.25) is 19.2 Å². The highest BCUT2D eigenvalue weighted by Gasteiger charge is 2.32. The van der Waals surface area contributed by atoms with Crippen LogP contribution >= 0.6 is 0 Å². The summed E-state index contributed by atoms with van der Waals surface area (Å²) in [7, 11) is -4.10. The number of nitro groups is 1. The molecule has 0 atom stereocenters. The van der Waals surface area contributed by atoms with Gasteiger partial charge < -0.3 is 4.42 Å². The quantitative estimate of drug-likeness (QED) is 0.278. The Hall–Kier alpha value is -4.20. The van der Waals surface area contributed by atoms with Gasteiger partial charge in [-0.15, -0.1) is 0 Å². The first-order chi connectivity index (χ1) is 16.3. The molecule has 3 rings (SSSR count). The highest BCUT2D eigenvalue weighted by molar-refractivity contribution is 7.92. The number of nitrogens with one attached hydrogen (secondary N) is 1. The van der Waals surface area contributed by atoms with E-state index in [9.17, 15) is 36.5 Å². The lowest BCUT2D eigenvalue weighted by molar-refractivity contribution is -0.384. The minimum atomic E-state index is -4.69. The number of hydrogen-bond acceptors (Lipinski definition) is 7. The maximum absolute atomic E-state index is 13.0. The molecule has 184 valence electrons. The number of anilines is 1. The average Bonchev–Trinajstić information content (AvgIpc) is 3.25. The zero-order valence-electron chi connectivity index (χ0n) is 17.9. The second-order valence-corrected chi connectivity index (χ2v) is 9.02. The molecule has 2 aromatic carbocycles. The van der Waals surface area contributed by atoms with Crippen LogP contribution in [0.1, 0.15) is 11.3 Å². The fraction of sp³-hybridized carbons (Fsp3) is 0.143. The van der Waals surface area contributed by atoms with Crippen LogP contribution in [0.5, 0.6) is 0 Å². The molecule has 35 heavy (non-hydrogen) atoms. The zero-order valence-corrected chi connectivity index (χ0v) is 18.7. The Balaban J connectivity index is 1.67. The van der Waals surface area contributed by atoms with Crippen molar-refractivity contribution in [3.05, 3.63) is 82.1 Å². The van der Waals surface area contributed by atoms with E-state index in [0.717, 1.165) is 30.7 Å². The van der Waals surface area contributed by atoms with Crippen molar-refractivity contribution < 1.29 is 35.7 Å². The normalized spacial score (nSPS) is 12.0. The molecular formula is C21H17F3N4O6S. The first-order valence-electron chi connectivity index (χ1n) is 9.66. The maximum Gasteiger partial charge on any atom is 0.416 e. The fourth-order valence-corrected chi connectivity index (χ4v) is 3.74. The number of nitrogens with zero attached hydrogens (tertiary/aromatic N) is 3. The molecule has 0 aliphatic carbocycles. The van der Waals surface area contributed by atoms with Crippen molar-refractivity contribution in [2.24, 2.45) is 5.10 Å². The molecule has 0 bridgehead atoms. The number of sulfonamides is 1. The van der Waals surface area contributed by atoms with E-state index >= 15 is 0 Å². The van der Waals surface area contributed by atoms with Gasteiger partial charge >= 0.3 is 6.18 Å². The summed E-state index contributed by atoms with van der Waals surface area (Å²) < 4.78 is 69.2. The Morgan fingerprint density at radius 3 is 2.46 bits per heavy atom. The van der Waals surface area contributed by atoms with E-state index in [1.165, 1.54) is 30.3 Å². The molecule has 3 aromatic rings. The largest absolute Gasteiger partial charge is 0.455 e. The summed E-state index contributed by atoms with van der Waals surface area (Å²) in [4.78, 5) is 22.4. The van der Waals surface area contributed by atoms with E-state index in [2.05, 4.69) is 10.5 Å². The number of carbonyl (C=O) groups is 1. The third-order valence-electron chi connectivity index (χ3n) is 4.52. The number of hydrogen-bond donors (Lipinski definition) is 1. The van der Waals surface area contributed by atoms with Crippen LogP contribution in [0.15, 0.2) is 70.2 Å². The van der Waals surface area contributed by atoms with Gasteiger partial charge in [0.15, 0.2) is 0 Å². The van der Waals surface area contributed by atoms with Gasteiger partial charge in [0, 0.05) is 17.7 Å². The number of nitro benzene ring substituents is 1. The van der Waals surface area contributed by atoms with Crippen molar-refractivity contribution in [2.45, 2.75) is 6.18 Å². The van der Waals surface area contributed by atoms with Gasteiger partial charge in [0.05, 0.1) is 28.6 Å². The Bertz CT molecular complexity index is 1370. The molecule has 1 N–H and O–H groups in total. The van der Waals surface area contributed by atoms with Gasteiger partial charge in [-0.05, 0) is 42.5 Å². The first-order valence-corrected chi connectivity index (χ1v) is 11.5. The number of furan rings is 1. The molecule has 0 fully saturated rings. The van der Waals surface area contributed by atoms with Crippen molar-refractivity contribution in [1.82, 2.24) is 5.43 Å².